The smallest absolute Gasteiger partial charge is 0.123 e. The molecule has 3 N–H and O–H groups in total. The molecular weight excluding hydrogens is 267 g/mol. The molecule has 0 spiro atoms. The average Bonchev–Trinajstić information content (AvgIpc) is 2.91. The molecule has 0 aliphatic heterocycles. The fraction of sp³-hybridized carbons (Fsp3) is 0.176. The Morgan fingerprint density at radius 3 is 2.67 bits per heavy atom. The summed E-state index contributed by atoms with van der Waals surface area (Å²) >= 11 is 0. The minimum absolute atomic E-state index is 0.105. The van der Waals surface area contributed by atoms with Crippen molar-refractivity contribution < 1.29 is 9.50 Å². The third kappa shape index (κ3) is 2.55. The van der Waals surface area contributed by atoms with E-state index < -0.39 is 12.1 Å². The van der Waals surface area contributed by atoms with E-state index in [-0.39, 0.29) is 12.4 Å². The van der Waals surface area contributed by atoms with Crippen LogP contribution in [0.2, 0.25) is 0 Å². The van der Waals surface area contributed by atoms with E-state index in [1.54, 1.807) is 12.1 Å². The maximum atomic E-state index is 13.5. The number of hydrogen-bond acceptors (Lipinski definition) is 2. The van der Waals surface area contributed by atoms with Gasteiger partial charge in [0.1, 0.15) is 5.82 Å². The Labute approximate surface area is 122 Å². The lowest BCUT2D eigenvalue weighted by Gasteiger charge is -2.25. The molecule has 0 bridgehead atoms. The van der Waals surface area contributed by atoms with Gasteiger partial charge in [0.05, 0.1) is 12.1 Å². The van der Waals surface area contributed by atoms with E-state index in [1.807, 2.05) is 41.1 Å². The van der Waals surface area contributed by atoms with Gasteiger partial charge in [0, 0.05) is 18.3 Å². The lowest BCUT2D eigenvalue weighted by atomic mass is 10.0. The van der Waals surface area contributed by atoms with Crippen LogP contribution in [-0.2, 0) is 0 Å². The fourth-order valence-corrected chi connectivity index (χ4v) is 2.73. The van der Waals surface area contributed by atoms with Crippen molar-refractivity contribution in [1.29, 1.82) is 0 Å². The summed E-state index contributed by atoms with van der Waals surface area (Å²) in [6.45, 7) is 0.105. The molecule has 4 heteroatoms. The normalized spacial score (nSPS) is 14.2. The highest BCUT2D eigenvalue weighted by Gasteiger charge is 2.23. The largest absolute Gasteiger partial charge is 0.389 e. The number of nitrogens with two attached hydrogens (primary N) is 1. The Hall–Kier alpha value is -2.17. The lowest BCUT2D eigenvalue weighted by molar-refractivity contribution is 0.139. The van der Waals surface area contributed by atoms with Gasteiger partial charge in [0.2, 0.25) is 0 Å². The molecule has 0 fully saturated rings. The molecule has 21 heavy (non-hydrogen) atoms. The standard InChI is InChI=1S/C17H17FN2O/c18-14-6-3-5-13(10-14)17(16(21)11-19)20-9-8-12-4-1-2-7-15(12)20/h1-10,16-17,21H,11,19H2/t16-,17+/m1/s1. The van der Waals surface area contributed by atoms with Crippen molar-refractivity contribution in [2.24, 2.45) is 5.73 Å². The van der Waals surface area contributed by atoms with Crippen LogP contribution in [0, 0.1) is 5.82 Å². The number of benzene rings is 2. The first kappa shape index (κ1) is 13.8. The van der Waals surface area contributed by atoms with Crippen molar-refractivity contribution in [2.45, 2.75) is 12.1 Å². The SMILES string of the molecule is NC[C@@H](O)[C@H](c1cccc(F)c1)n1ccc2ccccc21. The number of para-hydroxylation sites is 1. The zero-order valence-electron chi connectivity index (χ0n) is 11.5. The predicted octanol–water partition coefficient (Wildman–Crippen LogP) is 2.69. The van der Waals surface area contributed by atoms with Gasteiger partial charge in [-0.05, 0) is 35.2 Å². The third-order valence-electron chi connectivity index (χ3n) is 3.73. The molecule has 0 amide bonds. The van der Waals surface area contributed by atoms with Crippen LogP contribution in [0.1, 0.15) is 11.6 Å². The first-order valence-corrected chi connectivity index (χ1v) is 6.90. The van der Waals surface area contributed by atoms with Crippen LogP contribution in [0.25, 0.3) is 10.9 Å². The Balaban J connectivity index is 2.16. The zero-order chi connectivity index (χ0) is 14.8. The van der Waals surface area contributed by atoms with Gasteiger partial charge < -0.3 is 15.4 Å². The summed E-state index contributed by atoms with van der Waals surface area (Å²) in [5, 5.41) is 11.4. The van der Waals surface area contributed by atoms with Gasteiger partial charge in [-0.2, -0.15) is 0 Å². The third-order valence-corrected chi connectivity index (χ3v) is 3.73. The van der Waals surface area contributed by atoms with Gasteiger partial charge in [0.25, 0.3) is 0 Å². The Kier molecular flexibility index (Phi) is 3.73. The molecule has 2 aromatic carbocycles. The minimum Gasteiger partial charge on any atom is -0.389 e. The first-order chi connectivity index (χ1) is 10.2. The molecule has 3 nitrogen and oxygen atoms in total. The highest BCUT2D eigenvalue weighted by Crippen LogP contribution is 2.28. The first-order valence-electron chi connectivity index (χ1n) is 6.90. The number of rotatable bonds is 4. The molecule has 0 saturated heterocycles. The van der Waals surface area contributed by atoms with E-state index >= 15 is 0 Å². The molecule has 0 aliphatic carbocycles. The summed E-state index contributed by atoms with van der Waals surface area (Å²) in [6.07, 6.45) is 1.11. The van der Waals surface area contributed by atoms with E-state index in [9.17, 15) is 9.50 Å². The van der Waals surface area contributed by atoms with Crippen molar-refractivity contribution in [1.82, 2.24) is 4.57 Å². The molecule has 108 valence electrons. The number of fused-ring (bicyclic) bond motifs is 1. The van der Waals surface area contributed by atoms with Crippen molar-refractivity contribution in [3.8, 4) is 0 Å². The van der Waals surface area contributed by atoms with Crippen molar-refractivity contribution in [3.05, 3.63) is 72.2 Å². The second-order valence-electron chi connectivity index (χ2n) is 5.08. The number of aliphatic hydroxyl groups is 1. The van der Waals surface area contributed by atoms with Crippen LogP contribution in [-0.4, -0.2) is 22.3 Å². The summed E-state index contributed by atoms with van der Waals surface area (Å²) in [5.74, 6) is -0.321. The molecule has 0 saturated carbocycles. The number of aromatic nitrogens is 1. The summed E-state index contributed by atoms with van der Waals surface area (Å²) in [7, 11) is 0. The Bertz CT molecular complexity index is 753. The second kappa shape index (κ2) is 5.68. The van der Waals surface area contributed by atoms with E-state index in [4.69, 9.17) is 5.73 Å². The number of nitrogens with zero attached hydrogens (tertiary/aromatic N) is 1. The molecule has 3 rings (SSSR count). The molecule has 0 aliphatic rings. The van der Waals surface area contributed by atoms with Gasteiger partial charge in [-0.25, -0.2) is 4.39 Å². The molecule has 0 radical (unpaired) electrons. The van der Waals surface area contributed by atoms with Crippen LogP contribution >= 0.6 is 0 Å². The van der Waals surface area contributed by atoms with Gasteiger partial charge in [-0.1, -0.05) is 30.3 Å². The van der Waals surface area contributed by atoms with Crippen molar-refractivity contribution in [2.75, 3.05) is 6.54 Å². The zero-order valence-corrected chi connectivity index (χ0v) is 11.5. The second-order valence-corrected chi connectivity index (χ2v) is 5.08. The van der Waals surface area contributed by atoms with Crippen molar-refractivity contribution in [3.63, 3.8) is 0 Å². The summed E-state index contributed by atoms with van der Waals surface area (Å²) < 4.78 is 15.5. The average molecular weight is 284 g/mol. The quantitative estimate of drug-likeness (QED) is 0.774. The highest BCUT2D eigenvalue weighted by atomic mass is 19.1. The summed E-state index contributed by atoms with van der Waals surface area (Å²) in [4.78, 5) is 0. The molecule has 2 atom stereocenters. The molecule has 0 unspecified atom stereocenters. The summed E-state index contributed by atoms with van der Waals surface area (Å²) in [6, 6.07) is 15.7. The lowest BCUT2D eigenvalue weighted by Crippen LogP contribution is -2.31. The van der Waals surface area contributed by atoms with E-state index in [0.29, 0.717) is 5.56 Å². The van der Waals surface area contributed by atoms with Gasteiger partial charge in [0.15, 0.2) is 0 Å². The van der Waals surface area contributed by atoms with Crippen LogP contribution in [0.4, 0.5) is 4.39 Å². The monoisotopic (exact) mass is 284 g/mol. The predicted molar refractivity (Wildman–Crippen MR) is 81.5 cm³/mol. The van der Waals surface area contributed by atoms with Crippen LogP contribution < -0.4 is 5.73 Å². The van der Waals surface area contributed by atoms with Gasteiger partial charge >= 0.3 is 0 Å². The van der Waals surface area contributed by atoms with E-state index in [0.717, 1.165) is 10.9 Å². The number of hydrogen-bond donors (Lipinski definition) is 2. The van der Waals surface area contributed by atoms with Gasteiger partial charge in [-0.3, -0.25) is 0 Å². The van der Waals surface area contributed by atoms with Crippen LogP contribution in [0.15, 0.2) is 60.8 Å². The van der Waals surface area contributed by atoms with E-state index in [2.05, 4.69) is 0 Å². The molecule has 1 aromatic heterocycles. The Morgan fingerprint density at radius 2 is 1.90 bits per heavy atom. The maximum Gasteiger partial charge on any atom is 0.123 e. The number of halogens is 1. The van der Waals surface area contributed by atoms with Gasteiger partial charge in [-0.15, -0.1) is 0 Å². The maximum absolute atomic E-state index is 13.5. The van der Waals surface area contributed by atoms with E-state index in [1.165, 1.54) is 12.1 Å². The Morgan fingerprint density at radius 1 is 1.10 bits per heavy atom. The topological polar surface area (TPSA) is 51.2 Å². The van der Waals surface area contributed by atoms with Crippen molar-refractivity contribution >= 4 is 10.9 Å². The fourth-order valence-electron chi connectivity index (χ4n) is 2.73. The molecule has 1 heterocycles. The van der Waals surface area contributed by atoms with Crippen LogP contribution in [0.3, 0.4) is 0 Å². The summed E-state index contributed by atoms with van der Waals surface area (Å²) in [5.41, 5.74) is 7.33. The highest BCUT2D eigenvalue weighted by molar-refractivity contribution is 5.80. The molecule has 3 aromatic rings. The molecular formula is C17H17FN2O. The minimum atomic E-state index is -0.789. The van der Waals surface area contributed by atoms with Crippen LogP contribution in [0.5, 0.6) is 0 Å². The number of aliphatic hydroxyl groups excluding tert-OH is 1.